The summed E-state index contributed by atoms with van der Waals surface area (Å²) in [4.78, 5) is 24.8. The van der Waals surface area contributed by atoms with Crippen LogP contribution in [0.2, 0.25) is 0 Å². The molecule has 1 amide bonds. The second-order valence-electron chi connectivity index (χ2n) is 7.17. The van der Waals surface area contributed by atoms with Crippen LogP contribution < -0.4 is 10.4 Å². The van der Waals surface area contributed by atoms with Gasteiger partial charge in [-0.2, -0.15) is 0 Å². The van der Waals surface area contributed by atoms with Crippen LogP contribution in [-0.4, -0.2) is 32.3 Å². The molecule has 0 radical (unpaired) electrons. The Bertz CT molecular complexity index is 891. The van der Waals surface area contributed by atoms with E-state index in [1.54, 1.807) is 44.2 Å². The van der Waals surface area contributed by atoms with Crippen molar-refractivity contribution >= 4 is 19.6 Å². The van der Waals surface area contributed by atoms with Crippen molar-refractivity contribution in [2.24, 2.45) is 5.92 Å². The van der Waals surface area contributed by atoms with E-state index in [0.29, 0.717) is 5.56 Å². The molecule has 9 heteroatoms. The first kappa shape index (κ1) is 24.6. The van der Waals surface area contributed by atoms with Crippen LogP contribution in [-0.2, 0) is 30.0 Å². The Hall–Kier alpha value is -2.67. The molecule has 2 rings (SSSR count). The molecule has 0 aromatic heterocycles. The highest BCUT2D eigenvalue weighted by molar-refractivity contribution is 7.57. The van der Waals surface area contributed by atoms with Gasteiger partial charge < -0.3 is 19.3 Å². The zero-order chi connectivity index (χ0) is 22.9. The highest BCUT2D eigenvalue weighted by Gasteiger charge is 2.41. The molecule has 2 aromatic rings. The number of rotatable bonds is 10. The van der Waals surface area contributed by atoms with E-state index in [4.69, 9.17) is 14.0 Å². The lowest BCUT2D eigenvalue weighted by Crippen LogP contribution is -2.43. The number of hydrogen-bond donors (Lipinski definition) is 2. The SMILES string of the molecule is COC(=O)[C@@H](NP(=O)(OC)C(NC(=O)OCc1ccccc1)c1ccccc1)C(C)C. The summed E-state index contributed by atoms with van der Waals surface area (Å²) in [6.45, 7) is 3.62. The highest BCUT2D eigenvalue weighted by atomic mass is 31.2. The fraction of sp³-hybridized carbons (Fsp3) is 0.364. The summed E-state index contributed by atoms with van der Waals surface area (Å²) in [6, 6.07) is 17.0. The van der Waals surface area contributed by atoms with Gasteiger partial charge in [0.25, 0.3) is 7.52 Å². The van der Waals surface area contributed by atoms with Gasteiger partial charge in [-0.1, -0.05) is 74.5 Å². The van der Waals surface area contributed by atoms with Crippen molar-refractivity contribution in [3.63, 3.8) is 0 Å². The van der Waals surface area contributed by atoms with Crippen molar-refractivity contribution in [2.75, 3.05) is 14.2 Å². The zero-order valence-electron chi connectivity index (χ0n) is 18.1. The minimum atomic E-state index is -3.82. The number of carbonyl (C=O) groups is 2. The van der Waals surface area contributed by atoms with E-state index in [1.165, 1.54) is 14.2 Å². The average Bonchev–Trinajstić information content (AvgIpc) is 2.80. The summed E-state index contributed by atoms with van der Waals surface area (Å²) in [7, 11) is -1.31. The fourth-order valence-electron chi connectivity index (χ4n) is 2.90. The molecule has 2 aromatic carbocycles. The fourth-order valence-corrected chi connectivity index (χ4v) is 5.00. The molecule has 0 aliphatic heterocycles. The Balaban J connectivity index is 2.27. The minimum Gasteiger partial charge on any atom is -0.468 e. The lowest BCUT2D eigenvalue weighted by molar-refractivity contribution is -0.143. The van der Waals surface area contributed by atoms with Crippen molar-refractivity contribution in [3.8, 4) is 0 Å². The van der Waals surface area contributed by atoms with Crippen LogP contribution in [0.4, 0.5) is 4.79 Å². The first-order chi connectivity index (χ1) is 14.8. The molecule has 0 heterocycles. The molecule has 2 N–H and O–H groups in total. The van der Waals surface area contributed by atoms with Gasteiger partial charge in [-0.05, 0) is 17.0 Å². The summed E-state index contributed by atoms with van der Waals surface area (Å²) in [5, 5.41) is 5.43. The minimum absolute atomic E-state index is 0.0513. The summed E-state index contributed by atoms with van der Waals surface area (Å²) in [5.74, 6) is -1.91. The normalized spacial score (nSPS) is 14.9. The molecule has 0 spiro atoms. The van der Waals surface area contributed by atoms with Gasteiger partial charge in [0.05, 0.1) is 7.11 Å². The van der Waals surface area contributed by atoms with Crippen molar-refractivity contribution in [1.82, 2.24) is 10.4 Å². The highest BCUT2D eigenvalue weighted by Crippen LogP contribution is 2.55. The summed E-state index contributed by atoms with van der Waals surface area (Å²) < 4.78 is 29.3. The van der Waals surface area contributed by atoms with Gasteiger partial charge in [-0.3, -0.25) is 9.36 Å². The molecule has 3 atom stereocenters. The molecule has 0 saturated carbocycles. The van der Waals surface area contributed by atoms with Gasteiger partial charge in [-0.25, -0.2) is 9.88 Å². The van der Waals surface area contributed by atoms with E-state index >= 15 is 0 Å². The molecule has 0 saturated heterocycles. The van der Waals surface area contributed by atoms with Gasteiger partial charge in [0.15, 0.2) is 0 Å². The van der Waals surface area contributed by atoms with Gasteiger partial charge in [0.1, 0.15) is 18.4 Å². The maximum Gasteiger partial charge on any atom is 0.408 e. The second-order valence-corrected chi connectivity index (χ2v) is 9.51. The molecular weight excluding hydrogens is 419 g/mol. The number of hydrogen-bond acceptors (Lipinski definition) is 6. The molecule has 168 valence electrons. The van der Waals surface area contributed by atoms with E-state index in [9.17, 15) is 14.2 Å². The lowest BCUT2D eigenvalue weighted by atomic mass is 10.1. The molecule has 2 unspecified atom stereocenters. The number of amides is 1. The number of nitrogens with one attached hydrogen (secondary N) is 2. The third-order valence-corrected chi connectivity index (χ3v) is 6.92. The number of methoxy groups -OCH3 is 1. The maximum absolute atomic E-state index is 13.8. The molecular formula is C22H29N2O6P. The van der Waals surface area contributed by atoms with Crippen LogP contribution >= 0.6 is 7.52 Å². The van der Waals surface area contributed by atoms with Crippen molar-refractivity contribution in [3.05, 3.63) is 71.8 Å². The number of carbonyl (C=O) groups excluding carboxylic acids is 2. The summed E-state index contributed by atoms with van der Waals surface area (Å²) in [6.07, 6.45) is -0.768. The van der Waals surface area contributed by atoms with Crippen LogP contribution in [0.15, 0.2) is 60.7 Å². The van der Waals surface area contributed by atoms with E-state index in [-0.39, 0.29) is 12.5 Å². The largest absolute Gasteiger partial charge is 0.468 e. The predicted octanol–water partition coefficient (Wildman–Crippen LogP) is 4.24. The van der Waals surface area contributed by atoms with Crippen LogP contribution in [0.25, 0.3) is 0 Å². The number of ether oxygens (including phenoxy) is 2. The first-order valence-corrected chi connectivity index (χ1v) is 11.5. The number of benzene rings is 2. The van der Waals surface area contributed by atoms with Crippen LogP contribution in [0.5, 0.6) is 0 Å². The van der Waals surface area contributed by atoms with Crippen molar-refractivity contribution in [2.45, 2.75) is 32.3 Å². The molecule has 8 nitrogen and oxygen atoms in total. The van der Waals surface area contributed by atoms with Gasteiger partial charge >= 0.3 is 12.1 Å². The van der Waals surface area contributed by atoms with Gasteiger partial charge in [0.2, 0.25) is 0 Å². The predicted molar refractivity (Wildman–Crippen MR) is 117 cm³/mol. The first-order valence-electron chi connectivity index (χ1n) is 9.84. The standard InChI is InChI=1S/C22H29N2O6P/c1-16(2)19(21(25)28-3)24-31(27,29-4)20(18-13-9-6-10-14-18)23-22(26)30-15-17-11-7-5-8-12-17/h5-14,16,19-20H,15H2,1-4H3,(H,23,26)(H,24,27)/t19-,20?,31?/m0/s1. The lowest BCUT2D eigenvalue weighted by Gasteiger charge is -2.31. The molecule has 0 bridgehead atoms. The quantitative estimate of drug-likeness (QED) is 0.414. The summed E-state index contributed by atoms with van der Waals surface area (Å²) >= 11 is 0. The van der Waals surface area contributed by atoms with Crippen LogP contribution in [0.3, 0.4) is 0 Å². The Labute approximate surface area is 182 Å². The third kappa shape index (κ3) is 6.92. The molecule has 31 heavy (non-hydrogen) atoms. The Kier molecular flexibility index (Phi) is 9.24. The van der Waals surface area contributed by atoms with E-state index < -0.39 is 31.4 Å². The molecule has 0 aliphatic rings. The number of alkyl carbamates (subject to hydrolysis) is 1. The maximum atomic E-state index is 13.8. The van der Waals surface area contributed by atoms with E-state index in [1.807, 2.05) is 30.3 Å². The van der Waals surface area contributed by atoms with Gasteiger partial charge in [0, 0.05) is 7.11 Å². The topological polar surface area (TPSA) is 103 Å². The Morgan fingerprint density at radius 2 is 1.55 bits per heavy atom. The monoisotopic (exact) mass is 448 g/mol. The Morgan fingerprint density at radius 1 is 0.968 bits per heavy atom. The number of esters is 1. The molecule has 0 fully saturated rings. The van der Waals surface area contributed by atoms with Crippen molar-refractivity contribution in [1.29, 1.82) is 0 Å². The zero-order valence-corrected chi connectivity index (χ0v) is 19.0. The van der Waals surface area contributed by atoms with E-state index in [0.717, 1.165) is 5.56 Å². The van der Waals surface area contributed by atoms with E-state index in [2.05, 4.69) is 10.4 Å². The second kappa shape index (κ2) is 11.6. The average molecular weight is 448 g/mol. The molecule has 0 aliphatic carbocycles. The van der Waals surface area contributed by atoms with Gasteiger partial charge in [-0.15, -0.1) is 0 Å². The van der Waals surface area contributed by atoms with Crippen molar-refractivity contribution < 1.29 is 28.2 Å². The third-order valence-electron chi connectivity index (χ3n) is 4.63. The Morgan fingerprint density at radius 3 is 2.06 bits per heavy atom. The smallest absolute Gasteiger partial charge is 0.408 e. The summed E-state index contributed by atoms with van der Waals surface area (Å²) in [5.41, 5.74) is 1.34. The van der Waals surface area contributed by atoms with Crippen LogP contribution in [0, 0.1) is 5.92 Å². The van der Waals surface area contributed by atoms with Crippen LogP contribution in [0.1, 0.15) is 30.8 Å².